The van der Waals surface area contributed by atoms with E-state index in [9.17, 15) is 16.4 Å². The zero-order valence-corrected chi connectivity index (χ0v) is 49.8. The molecule has 0 N–H and O–H groups in total. The number of para-hydroxylation sites is 8. The van der Waals surface area contributed by atoms with E-state index in [0.717, 1.165) is 22.3 Å². The summed E-state index contributed by atoms with van der Waals surface area (Å²) in [5.74, 6) is 0.774. The van der Waals surface area contributed by atoms with E-state index < -0.39 is 63.2 Å². The van der Waals surface area contributed by atoms with Crippen LogP contribution in [0.4, 0.5) is 103 Å². The van der Waals surface area contributed by atoms with Crippen LogP contribution < -0.4 is 49.0 Å². The molecule has 0 saturated carbocycles. The van der Waals surface area contributed by atoms with Crippen LogP contribution in [0.3, 0.4) is 0 Å². The third kappa shape index (κ3) is 7.89. The van der Waals surface area contributed by atoms with Gasteiger partial charge in [0.05, 0.1) is 0 Å². The van der Waals surface area contributed by atoms with Gasteiger partial charge in [-0.2, -0.15) is 0 Å². The number of aromatic nitrogens is 2. The standard InChI is InChI=1S/C72H54N12.2Pt/c1-75-47-79(67-33-15-11-29-63(67)75)55-25-19-27-57(41-55)83(61-39-53(51-21-7-5-8-22-51)37-59(43-61)81-49-77(3)65-31-13-17-35-69(65)81)71-45-74-72(46-73-71)84(58-28-20-26-56(42-58)80-48-76(2)64-30-12-16-34-68(64)80)62-40-54(52-23-9-6-10-24-52)38-60(44-62)82-50-78(4)66-32-14-18-36-70(66)82;;/h5-46H,1-4H3;;/i1D3,2D3,3D3,4D3;;. The van der Waals surface area contributed by atoms with Crippen LogP contribution in [0, 0.1) is 0 Å². The molecule has 86 heavy (non-hydrogen) atoms. The quantitative estimate of drug-likeness (QED) is 0.169. The van der Waals surface area contributed by atoms with Crippen LogP contribution in [0.2, 0.25) is 0 Å². The van der Waals surface area contributed by atoms with Crippen molar-refractivity contribution in [2.24, 2.45) is 0 Å². The molecule has 6 aliphatic rings. The average Bonchev–Trinajstić information content (AvgIpc) is 1.55. The fourth-order valence-electron chi connectivity index (χ4n) is 12.1. The predicted molar refractivity (Wildman–Crippen MR) is 350 cm³/mol. The first-order valence-electron chi connectivity index (χ1n) is 33.6. The van der Waals surface area contributed by atoms with Crippen molar-refractivity contribution in [3.63, 3.8) is 0 Å². The van der Waals surface area contributed by atoms with Crippen LogP contribution in [0.1, 0.15) is 16.4 Å². The molecule has 0 saturated heterocycles. The minimum absolute atomic E-state index is 0.387. The van der Waals surface area contributed by atoms with E-state index in [4.69, 9.17) is 9.97 Å². The zero-order valence-electron chi connectivity index (χ0n) is 57.2. The van der Waals surface area contributed by atoms with Crippen molar-refractivity contribution in [3.05, 3.63) is 255 Å². The Morgan fingerprint density at radius 2 is 0.523 bits per heavy atom. The van der Waals surface area contributed by atoms with E-state index in [-0.39, 0.29) is 0 Å². The van der Waals surface area contributed by atoms with E-state index in [0.29, 0.717) is 119 Å². The molecule has 14 heteroatoms. The summed E-state index contributed by atoms with van der Waals surface area (Å²) < 4.78 is 112. The number of fused-ring (bicyclic) bond motifs is 24. The van der Waals surface area contributed by atoms with Crippen LogP contribution in [0.5, 0.6) is 0 Å². The Bertz CT molecular complexity index is 4930. The second-order valence-corrected chi connectivity index (χ2v) is 26.1. The molecule has 8 bridgehead atoms. The van der Waals surface area contributed by atoms with Crippen molar-refractivity contribution >= 4 is 119 Å². The molecule has 0 atom stereocenters. The summed E-state index contributed by atoms with van der Waals surface area (Å²) in [6.07, 6.45) is 3.43. The van der Waals surface area contributed by atoms with Gasteiger partial charge in [-0.15, -0.1) is 0 Å². The molecule has 11 aromatic rings. The summed E-state index contributed by atoms with van der Waals surface area (Å²) in [4.78, 5) is 28.3. The molecule has 0 unspecified atom stereocenters. The number of hydrogen-bond donors (Lipinski definition) is 0. The van der Waals surface area contributed by atoms with E-state index in [1.54, 1.807) is 36.7 Å². The fourth-order valence-corrected chi connectivity index (χ4v) is 18.4. The predicted octanol–water partition coefficient (Wildman–Crippen LogP) is 15.6. The summed E-state index contributed by atoms with van der Waals surface area (Å²) >= 11 is -3.49. The maximum absolute atomic E-state index is 9.24. The Morgan fingerprint density at radius 3 is 0.837 bits per heavy atom. The van der Waals surface area contributed by atoms with E-state index in [2.05, 4.69) is 12.1 Å². The van der Waals surface area contributed by atoms with Crippen LogP contribution in [0.15, 0.2) is 255 Å². The summed E-state index contributed by atoms with van der Waals surface area (Å²) in [6, 6.07) is 77.3. The average molecular weight is 1490 g/mol. The molecular weight excluding hydrogens is 1420 g/mol. The number of benzene rings is 10. The van der Waals surface area contributed by atoms with Crippen molar-refractivity contribution in [3.8, 4) is 22.3 Å². The Kier molecular flexibility index (Phi) is 9.16. The third-order valence-electron chi connectivity index (χ3n) is 15.9. The van der Waals surface area contributed by atoms with Gasteiger partial charge in [-0.1, -0.05) is 0 Å². The summed E-state index contributed by atoms with van der Waals surface area (Å²) in [5.41, 5.74) is 12.7. The monoisotopic (exact) mass is 1490 g/mol. The number of nitrogens with zero attached hydrogens (tertiary/aromatic N) is 12. The zero-order chi connectivity index (χ0) is 67.3. The molecule has 7 heterocycles. The molecule has 0 aliphatic carbocycles. The molecule has 422 valence electrons. The van der Waals surface area contributed by atoms with Gasteiger partial charge in [0.25, 0.3) is 0 Å². The Morgan fingerprint density at radius 1 is 0.256 bits per heavy atom. The van der Waals surface area contributed by atoms with Gasteiger partial charge in [-0.25, -0.2) is 0 Å². The molecule has 0 radical (unpaired) electrons. The molecule has 12 nitrogen and oxygen atoms in total. The first-order chi connectivity index (χ1) is 47.2. The van der Waals surface area contributed by atoms with E-state index >= 15 is 0 Å². The van der Waals surface area contributed by atoms with Gasteiger partial charge in [0.1, 0.15) is 0 Å². The molecule has 1 aromatic heterocycles. The Balaban J connectivity index is 0.915. The summed E-state index contributed by atoms with van der Waals surface area (Å²) in [7, 11) is 0. The first-order valence-corrected chi connectivity index (χ1v) is 32.2. The van der Waals surface area contributed by atoms with Gasteiger partial charge in [0.15, 0.2) is 0 Å². The number of rotatable bonds is 4. The topological polar surface area (TPSA) is 58.2 Å². The van der Waals surface area contributed by atoms with Gasteiger partial charge in [0, 0.05) is 0 Å². The normalized spacial score (nSPS) is 18.1. The first kappa shape index (κ1) is 39.6. The van der Waals surface area contributed by atoms with Gasteiger partial charge in [0.2, 0.25) is 0 Å². The number of anilines is 18. The van der Waals surface area contributed by atoms with Gasteiger partial charge in [-0.05, 0) is 0 Å². The SMILES string of the molecule is [2H]C([2H])([2H])N1[C]2=[Pt]=[C]3N(c4cc(-c5ccccc5)cc(c4)N(c4cnc(N5c6cccc(c6)N6[C](=[Pt]=[C]7N(c8cc(-c9ccccc9)cc5c8)c5ccccc5N7C([2H])([2H])[2H])N(C([2H])([2H])[2H])c5ccccc56)cn4)c4cccc(c4)N2c2ccccc21)c1ccccc1N3C([2H])([2H])[2H]. The van der Waals surface area contributed by atoms with Crippen LogP contribution in [-0.4, -0.2) is 54.5 Å². The van der Waals surface area contributed by atoms with E-state index in [1.807, 2.05) is 236 Å². The summed E-state index contributed by atoms with van der Waals surface area (Å²) in [6.45, 7) is -10.8. The van der Waals surface area contributed by atoms with Gasteiger partial charge < -0.3 is 0 Å². The van der Waals surface area contributed by atoms with Crippen molar-refractivity contribution in [2.45, 2.75) is 0 Å². The summed E-state index contributed by atoms with van der Waals surface area (Å²) in [5, 5.41) is 0. The fraction of sp³-hybridized carbons (Fsp3) is 0.0556. The van der Waals surface area contributed by atoms with Crippen molar-refractivity contribution in [1.29, 1.82) is 0 Å². The van der Waals surface area contributed by atoms with Gasteiger partial charge in [-0.3, -0.25) is 0 Å². The molecule has 0 amide bonds. The molecule has 6 aliphatic heterocycles. The third-order valence-corrected chi connectivity index (χ3v) is 22.0. The van der Waals surface area contributed by atoms with Crippen molar-refractivity contribution in [1.82, 2.24) is 9.97 Å². The molecule has 0 spiro atoms. The molecular formula is C72H54N12Pt2. The molecule has 17 rings (SSSR count). The maximum atomic E-state index is 9.24. The van der Waals surface area contributed by atoms with Crippen LogP contribution in [-0.2, 0) is 35.3 Å². The van der Waals surface area contributed by atoms with Crippen LogP contribution in [0.25, 0.3) is 22.3 Å². The Labute approximate surface area is 532 Å². The number of hydrogen-bond acceptors (Lipinski definition) is 12. The molecule has 0 fully saturated rings. The second kappa shape index (κ2) is 19.9. The van der Waals surface area contributed by atoms with Crippen molar-refractivity contribution < 1.29 is 51.7 Å². The Hall–Kier alpha value is -9.86. The second-order valence-electron chi connectivity index (χ2n) is 20.9. The van der Waals surface area contributed by atoms with Gasteiger partial charge >= 0.3 is 535 Å². The minimum atomic E-state index is -2.71. The van der Waals surface area contributed by atoms with Crippen LogP contribution >= 0.6 is 0 Å². The molecule has 10 aromatic carbocycles. The van der Waals surface area contributed by atoms with E-state index in [1.165, 1.54) is 19.6 Å². The van der Waals surface area contributed by atoms with Crippen molar-refractivity contribution in [2.75, 3.05) is 76.9 Å².